The Morgan fingerprint density at radius 2 is 1.84 bits per heavy atom. The minimum atomic E-state index is -0.566. The number of hydrogen-bond acceptors (Lipinski definition) is 6. The van der Waals surface area contributed by atoms with Gasteiger partial charge >= 0.3 is 5.97 Å². The molecule has 0 amide bonds. The van der Waals surface area contributed by atoms with E-state index in [1.54, 1.807) is 43.5 Å². The van der Waals surface area contributed by atoms with Gasteiger partial charge in [-0.2, -0.15) is 0 Å². The van der Waals surface area contributed by atoms with Crippen molar-refractivity contribution < 1.29 is 18.8 Å². The van der Waals surface area contributed by atoms with Crippen molar-refractivity contribution >= 4 is 29.1 Å². The number of anilines is 2. The monoisotopic (exact) mass is 358 g/mol. The quantitative estimate of drug-likeness (QED) is 0.675. The number of methoxy groups -OCH3 is 2. The van der Waals surface area contributed by atoms with Gasteiger partial charge in [0, 0.05) is 10.6 Å². The first-order chi connectivity index (χ1) is 12.1. The van der Waals surface area contributed by atoms with Crippen molar-refractivity contribution in [1.29, 1.82) is 0 Å². The molecule has 0 unspecified atom stereocenters. The van der Waals surface area contributed by atoms with Crippen LogP contribution in [0.25, 0.3) is 11.3 Å². The second-order valence-electron chi connectivity index (χ2n) is 5.06. The van der Waals surface area contributed by atoms with Crippen LogP contribution in [0.2, 0.25) is 5.02 Å². The summed E-state index contributed by atoms with van der Waals surface area (Å²) >= 11 is 5.91. The highest BCUT2D eigenvalue weighted by molar-refractivity contribution is 6.30. The Bertz CT molecular complexity index is 890. The summed E-state index contributed by atoms with van der Waals surface area (Å²) in [5, 5.41) is 7.62. The minimum absolute atomic E-state index is 0.168. The van der Waals surface area contributed by atoms with Gasteiger partial charge in [-0.25, -0.2) is 4.79 Å². The summed E-state index contributed by atoms with van der Waals surface area (Å²) in [6.45, 7) is 0. The first-order valence-electron chi connectivity index (χ1n) is 7.38. The van der Waals surface area contributed by atoms with Gasteiger partial charge in [0.05, 0.1) is 19.9 Å². The highest BCUT2D eigenvalue weighted by atomic mass is 35.5. The average Bonchev–Trinajstić information content (AvgIpc) is 3.05. The largest absolute Gasteiger partial charge is 0.495 e. The van der Waals surface area contributed by atoms with Gasteiger partial charge in [-0.05, 0) is 24.3 Å². The van der Waals surface area contributed by atoms with Gasteiger partial charge in [0.25, 0.3) is 0 Å². The van der Waals surface area contributed by atoms with Crippen molar-refractivity contribution in [2.45, 2.75) is 0 Å². The molecular formula is C18H15ClN2O4. The fourth-order valence-electron chi connectivity index (χ4n) is 2.34. The summed E-state index contributed by atoms with van der Waals surface area (Å²) in [6.07, 6.45) is 0. The van der Waals surface area contributed by atoms with Crippen molar-refractivity contribution in [2.24, 2.45) is 0 Å². The van der Waals surface area contributed by atoms with E-state index in [1.807, 2.05) is 12.1 Å². The molecule has 25 heavy (non-hydrogen) atoms. The molecule has 0 radical (unpaired) electrons. The molecular weight excluding hydrogens is 344 g/mol. The molecule has 0 aliphatic carbocycles. The van der Waals surface area contributed by atoms with Crippen LogP contribution in [0.5, 0.6) is 5.75 Å². The number of nitrogens with one attached hydrogen (secondary N) is 1. The molecule has 2 aromatic carbocycles. The van der Waals surface area contributed by atoms with Crippen LogP contribution in [-0.4, -0.2) is 25.3 Å². The number of halogens is 1. The maximum Gasteiger partial charge on any atom is 0.345 e. The van der Waals surface area contributed by atoms with Gasteiger partial charge in [-0.3, -0.25) is 0 Å². The van der Waals surface area contributed by atoms with E-state index in [2.05, 4.69) is 10.5 Å². The highest BCUT2D eigenvalue weighted by Crippen LogP contribution is 2.34. The smallest absolute Gasteiger partial charge is 0.345 e. The lowest BCUT2D eigenvalue weighted by molar-refractivity contribution is 0.0602. The first kappa shape index (κ1) is 16.9. The van der Waals surface area contributed by atoms with Crippen molar-refractivity contribution in [2.75, 3.05) is 19.5 Å². The summed E-state index contributed by atoms with van der Waals surface area (Å²) < 4.78 is 15.5. The summed E-state index contributed by atoms with van der Waals surface area (Å²) in [6, 6.07) is 14.2. The molecule has 0 saturated carbocycles. The van der Waals surface area contributed by atoms with Gasteiger partial charge in [-0.15, -0.1) is 0 Å². The Hall–Kier alpha value is -2.99. The number of aromatic nitrogens is 1. The summed E-state index contributed by atoms with van der Waals surface area (Å²) in [4.78, 5) is 12.3. The van der Waals surface area contributed by atoms with E-state index in [0.29, 0.717) is 27.7 Å². The van der Waals surface area contributed by atoms with Gasteiger partial charge < -0.3 is 19.3 Å². The molecule has 1 N–H and O–H groups in total. The lowest BCUT2D eigenvalue weighted by atomic mass is 10.1. The second-order valence-corrected chi connectivity index (χ2v) is 5.50. The fraction of sp³-hybridized carbons (Fsp3) is 0.111. The standard InChI is InChI=1S/C18H15ClN2O4/c1-23-14-6-4-3-5-13(14)20-17-15(18(22)24-2)16(21-25-17)11-7-9-12(19)10-8-11/h3-10,20H,1-2H3. The third-order valence-electron chi connectivity index (χ3n) is 3.55. The lowest BCUT2D eigenvalue weighted by Crippen LogP contribution is -2.05. The van der Waals surface area contributed by atoms with Gasteiger partial charge in [0.15, 0.2) is 5.56 Å². The lowest BCUT2D eigenvalue weighted by Gasteiger charge is -2.09. The van der Waals surface area contributed by atoms with E-state index in [9.17, 15) is 4.79 Å². The first-order valence-corrected chi connectivity index (χ1v) is 7.75. The number of benzene rings is 2. The van der Waals surface area contributed by atoms with E-state index in [-0.39, 0.29) is 11.4 Å². The SMILES string of the molecule is COC(=O)c1c(-c2ccc(Cl)cc2)noc1Nc1ccccc1OC. The molecule has 0 aliphatic rings. The molecule has 0 aliphatic heterocycles. The van der Waals surface area contributed by atoms with Crippen LogP contribution in [0.3, 0.4) is 0 Å². The number of para-hydroxylation sites is 2. The van der Waals surface area contributed by atoms with Crippen LogP contribution in [0.1, 0.15) is 10.4 Å². The van der Waals surface area contributed by atoms with E-state index in [4.69, 9.17) is 25.6 Å². The number of carbonyl (C=O) groups excluding carboxylic acids is 1. The van der Waals surface area contributed by atoms with Crippen LogP contribution < -0.4 is 10.1 Å². The molecule has 7 heteroatoms. The normalized spacial score (nSPS) is 10.4. The topological polar surface area (TPSA) is 73.6 Å². The molecule has 3 rings (SSSR count). The Morgan fingerprint density at radius 3 is 2.52 bits per heavy atom. The zero-order valence-corrected chi connectivity index (χ0v) is 14.3. The molecule has 0 atom stereocenters. The Morgan fingerprint density at radius 1 is 1.12 bits per heavy atom. The van der Waals surface area contributed by atoms with Crippen LogP contribution in [0.4, 0.5) is 11.6 Å². The molecule has 1 aromatic heterocycles. The average molecular weight is 359 g/mol. The predicted octanol–water partition coefficient (Wildman–Crippen LogP) is 4.53. The Balaban J connectivity index is 2.05. The number of carbonyl (C=O) groups is 1. The number of nitrogens with zero attached hydrogens (tertiary/aromatic N) is 1. The predicted molar refractivity (Wildman–Crippen MR) is 94.6 cm³/mol. The minimum Gasteiger partial charge on any atom is -0.495 e. The Kier molecular flexibility index (Phi) is 4.90. The molecule has 6 nitrogen and oxygen atoms in total. The molecule has 0 bridgehead atoms. The number of esters is 1. The highest BCUT2D eigenvalue weighted by Gasteiger charge is 2.25. The molecule has 3 aromatic rings. The van der Waals surface area contributed by atoms with E-state index >= 15 is 0 Å². The van der Waals surface area contributed by atoms with Crippen LogP contribution >= 0.6 is 11.6 Å². The van der Waals surface area contributed by atoms with E-state index in [1.165, 1.54) is 7.11 Å². The van der Waals surface area contributed by atoms with E-state index < -0.39 is 5.97 Å². The summed E-state index contributed by atoms with van der Waals surface area (Å²) in [5.74, 6) is 0.202. The van der Waals surface area contributed by atoms with Crippen molar-refractivity contribution in [3.63, 3.8) is 0 Å². The Labute approximate surface area is 149 Å². The van der Waals surface area contributed by atoms with E-state index in [0.717, 1.165) is 0 Å². The molecule has 0 spiro atoms. The van der Waals surface area contributed by atoms with Crippen molar-refractivity contribution in [3.05, 3.63) is 59.1 Å². The zero-order valence-electron chi connectivity index (χ0n) is 13.6. The number of ether oxygens (including phenoxy) is 2. The maximum atomic E-state index is 12.3. The molecule has 0 saturated heterocycles. The van der Waals surface area contributed by atoms with Gasteiger partial charge in [-0.1, -0.05) is 41.0 Å². The van der Waals surface area contributed by atoms with Gasteiger partial charge in [0.1, 0.15) is 11.4 Å². The second kappa shape index (κ2) is 7.27. The van der Waals surface area contributed by atoms with Gasteiger partial charge in [0.2, 0.25) is 5.88 Å². The summed E-state index contributed by atoms with van der Waals surface area (Å²) in [7, 11) is 2.86. The van der Waals surface area contributed by atoms with Crippen LogP contribution in [-0.2, 0) is 4.74 Å². The third-order valence-corrected chi connectivity index (χ3v) is 3.81. The maximum absolute atomic E-state index is 12.3. The third kappa shape index (κ3) is 3.44. The number of rotatable bonds is 5. The molecule has 1 heterocycles. The van der Waals surface area contributed by atoms with Crippen LogP contribution in [0, 0.1) is 0 Å². The van der Waals surface area contributed by atoms with Crippen molar-refractivity contribution in [3.8, 4) is 17.0 Å². The van der Waals surface area contributed by atoms with Crippen molar-refractivity contribution in [1.82, 2.24) is 5.16 Å². The molecule has 128 valence electrons. The zero-order chi connectivity index (χ0) is 17.8. The number of hydrogen-bond donors (Lipinski definition) is 1. The fourth-order valence-corrected chi connectivity index (χ4v) is 2.47. The summed E-state index contributed by atoms with van der Waals surface area (Å²) in [5.41, 5.74) is 1.87. The van der Waals surface area contributed by atoms with Crippen LogP contribution in [0.15, 0.2) is 53.1 Å². The molecule has 0 fully saturated rings.